The second kappa shape index (κ2) is 8.44. The van der Waals surface area contributed by atoms with E-state index < -0.39 is 0 Å². The summed E-state index contributed by atoms with van der Waals surface area (Å²) in [6.07, 6.45) is -0.0950. The summed E-state index contributed by atoms with van der Waals surface area (Å²) in [6.45, 7) is 7.69. The zero-order valence-corrected chi connectivity index (χ0v) is 16.5. The molecule has 1 amide bonds. The normalized spacial score (nSPS) is 15.9. The van der Waals surface area contributed by atoms with Gasteiger partial charge in [0.15, 0.2) is 11.5 Å². The molecule has 2 aromatic carbocycles. The lowest BCUT2D eigenvalue weighted by Crippen LogP contribution is -2.42. The van der Waals surface area contributed by atoms with Gasteiger partial charge in [0, 0.05) is 12.2 Å². The Hall–Kier alpha value is -2.53. The Morgan fingerprint density at radius 2 is 1.93 bits per heavy atom. The van der Waals surface area contributed by atoms with Gasteiger partial charge in [0.25, 0.3) is 0 Å². The number of rotatable bonds is 6. The number of nitrogens with zero attached hydrogens (tertiary/aromatic N) is 1. The van der Waals surface area contributed by atoms with Gasteiger partial charge in [0.1, 0.15) is 12.7 Å². The van der Waals surface area contributed by atoms with Gasteiger partial charge in [0.2, 0.25) is 5.91 Å². The van der Waals surface area contributed by atoms with Crippen molar-refractivity contribution in [3.63, 3.8) is 0 Å². The maximum absolute atomic E-state index is 12.6. The van der Waals surface area contributed by atoms with Crippen molar-refractivity contribution in [2.75, 3.05) is 32.1 Å². The Morgan fingerprint density at radius 1 is 1.19 bits per heavy atom. The summed E-state index contributed by atoms with van der Waals surface area (Å²) in [5.74, 6) is 1.86. The third-order valence-corrected chi connectivity index (χ3v) is 4.69. The molecule has 0 saturated heterocycles. The number of likely N-dealkylation sites (N-methyl/N-ethyl adjacent to an activating group) is 1. The first kappa shape index (κ1) is 19.2. The first-order chi connectivity index (χ1) is 12.9. The lowest BCUT2D eigenvalue weighted by Gasteiger charge is -2.29. The Balaban J connectivity index is 1.56. The van der Waals surface area contributed by atoms with Crippen molar-refractivity contribution < 1.29 is 14.3 Å². The standard InChI is InChI=1S/C22H28N2O3/c1-15(2)18-9-7-8-16(3)22(18)23-21(25)13-24(4)12-17-14-26-19-10-5-6-11-20(19)27-17/h5-11,15,17H,12-14H2,1-4H3,(H,23,25). The summed E-state index contributed by atoms with van der Waals surface area (Å²) in [5.41, 5.74) is 3.17. The largest absolute Gasteiger partial charge is 0.486 e. The molecule has 2 aromatic rings. The predicted molar refractivity (Wildman–Crippen MR) is 108 cm³/mol. The molecule has 0 radical (unpaired) electrons. The van der Waals surface area contributed by atoms with Crippen LogP contribution in [0.2, 0.25) is 0 Å². The summed E-state index contributed by atoms with van der Waals surface area (Å²) in [6, 6.07) is 13.8. The van der Waals surface area contributed by atoms with Gasteiger partial charge in [-0.1, -0.05) is 44.2 Å². The number of benzene rings is 2. The van der Waals surface area contributed by atoms with Gasteiger partial charge in [-0.3, -0.25) is 9.69 Å². The quantitative estimate of drug-likeness (QED) is 0.842. The minimum atomic E-state index is -0.0950. The van der Waals surface area contributed by atoms with Crippen molar-refractivity contribution in [1.82, 2.24) is 4.90 Å². The molecule has 1 unspecified atom stereocenters. The van der Waals surface area contributed by atoms with E-state index in [0.717, 1.165) is 28.3 Å². The van der Waals surface area contributed by atoms with Crippen LogP contribution in [0.3, 0.4) is 0 Å². The monoisotopic (exact) mass is 368 g/mol. The first-order valence-electron chi connectivity index (χ1n) is 9.40. The Morgan fingerprint density at radius 3 is 2.67 bits per heavy atom. The smallest absolute Gasteiger partial charge is 0.238 e. The zero-order chi connectivity index (χ0) is 19.4. The highest BCUT2D eigenvalue weighted by Crippen LogP contribution is 2.31. The molecule has 0 fully saturated rings. The molecule has 144 valence electrons. The number of fused-ring (bicyclic) bond motifs is 1. The zero-order valence-electron chi connectivity index (χ0n) is 16.5. The topological polar surface area (TPSA) is 50.8 Å². The van der Waals surface area contributed by atoms with E-state index in [1.807, 2.05) is 55.3 Å². The van der Waals surface area contributed by atoms with Crippen LogP contribution in [0.4, 0.5) is 5.69 Å². The van der Waals surface area contributed by atoms with Gasteiger partial charge in [0.05, 0.1) is 6.54 Å². The van der Waals surface area contributed by atoms with Crippen LogP contribution in [0.25, 0.3) is 0 Å². The van der Waals surface area contributed by atoms with Gasteiger partial charge in [-0.05, 0) is 43.1 Å². The molecule has 0 saturated carbocycles. The van der Waals surface area contributed by atoms with Crippen LogP contribution in [-0.4, -0.2) is 43.7 Å². The van der Waals surface area contributed by atoms with E-state index in [4.69, 9.17) is 9.47 Å². The minimum absolute atomic E-state index is 0.0224. The molecule has 1 aliphatic heterocycles. The Bertz CT molecular complexity index is 804. The molecular formula is C22H28N2O3. The van der Waals surface area contributed by atoms with Crippen molar-refractivity contribution >= 4 is 11.6 Å². The fraction of sp³-hybridized carbons (Fsp3) is 0.409. The van der Waals surface area contributed by atoms with Crippen LogP contribution in [-0.2, 0) is 4.79 Å². The maximum Gasteiger partial charge on any atom is 0.238 e. The number of carbonyl (C=O) groups is 1. The molecule has 1 aliphatic rings. The third kappa shape index (κ3) is 4.80. The SMILES string of the molecule is Cc1cccc(C(C)C)c1NC(=O)CN(C)CC1COc2ccccc2O1. The molecular weight excluding hydrogens is 340 g/mol. The maximum atomic E-state index is 12.6. The molecule has 0 aromatic heterocycles. The van der Waals surface area contributed by atoms with E-state index in [0.29, 0.717) is 25.6 Å². The Kier molecular flexibility index (Phi) is 6.01. The second-order valence-corrected chi connectivity index (χ2v) is 7.44. The van der Waals surface area contributed by atoms with E-state index in [-0.39, 0.29) is 12.0 Å². The number of para-hydroxylation sites is 3. The number of carbonyl (C=O) groups excluding carboxylic acids is 1. The number of amides is 1. The lowest BCUT2D eigenvalue weighted by atomic mass is 9.98. The van der Waals surface area contributed by atoms with Crippen LogP contribution in [0.1, 0.15) is 30.9 Å². The number of anilines is 1. The van der Waals surface area contributed by atoms with Gasteiger partial charge in [-0.25, -0.2) is 0 Å². The van der Waals surface area contributed by atoms with Crippen LogP contribution < -0.4 is 14.8 Å². The van der Waals surface area contributed by atoms with E-state index in [2.05, 4.69) is 25.2 Å². The summed E-state index contributed by atoms with van der Waals surface area (Å²) >= 11 is 0. The number of nitrogens with one attached hydrogen (secondary N) is 1. The summed E-state index contributed by atoms with van der Waals surface area (Å²) in [7, 11) is 1.92. The summed E-state index contributed by atoms with van der Waals surface area (Å²) < 4.78 is 11.7. The molecule has 5 nitrogen and oxygen atoms in total. The van der Waals surface area contributed by atoms with Gasteiger partial charge >= 0.3 is 0 Å². The van der Waals surface area contributed by atoms with Gasteiger partial charge in [-0.2, -0.15) is 0 Å². The lowest BCUT2D eigenvalue weighted by molar-refractivity contribution is -0.117. The van der Waals surface area contributed by atoms with Crippen molar-refractivity contribution in [1.29, 1.82) is 0 Å². The van der Waals surface area contributed by atoms with Crippen LogP contribution in [0.5, 0.6) is 11.5 Å². The fourth-order valence-electron chi connectivity index (χ4n) is 3.33. The molecule has 3 rings (SSSR count). The van der Waals surface area contributed by atoms with Crippen LogP contribution >= 0.6 is 0 Å². The molecule has 0 spiro atoms. The van der Waals surface area contributed by atoms with E-state index in [9.17, 15) is 4.79 Å². The highest BCUT2D eigenvalue weighted by Gasteiger charge is 2.23. The summed E-state index contributed by atoms with van der Waals surface area (Å²) in [5, 5.41) is 3.09. The summed E-state index contributed by atoms with van der Waals surface area (Å²) in [4.78, 5) is 14.5. The van der Waals surface area contributed by atoms with Crippen molar-refractivity contribution in [2.45, 2.75) is 32.8 Å². The number of hydrogen-bond acceptors (Lipinski definition) is 4. The fourth-order valence-corrected chi connectivity index (χ4v) is 3.33. The average Bonchev–Trinajstić information content (AvgIpc) is 2.63. The molecule has 1 atom stereocenters. The minimum Gasteiger partial charge on any atom is -0.486 e. The van der Waals surface area contributed by atoms with Crippen molar-refractivity contribution in [3.05, 3.63) is 53.6 Å². The molecule has 0 aliphatic carbocycles. The van der Waals surface area contributed by atoms with E-state index in [1.165, 1.54) is 0 Å². The number of aryl methyl sites for hydroxylation is 1. The van der Waals surface area contributed by atoms with Crippen molar-refractivity contribution in [2.24, 2.45) is 0 Å². The number of hydrogen-bond donors (Lipinski definition) is 1. The third-order valence-electron chi connectivity index (χ3n) is 4.69. The first-order valence-corrected chi connectivity index (χ1v) is 9.40. The molecule has 5 heteroatoms. The predicted octanol–water partition coefficient (Wildman–Crippen LogP) is 3.83. The molecule has 1 N–H and O–H groups in total. The molecule has 1 heterocycles. The Labute approximate surface area is 161 Å². The van der Waals surface area contributed by atoms with Crippen molar-refractivity contribution in [3.8, 4) is 11.5 Å². The second-order valence-electron chi connectivity index (χ2n) is 7.44. The molecule has 0 bridgehead atoms. The van der Waals surface area contributed by atoms with Crippen LogP contribution in [0.15, 0.2) is 42.5 Å². The van der Waals surface area contributed by atoms with E-state index in [1.54, 1.807) is 0 Å². The average molecular weight is 368 g/mol. The van der Waals surface area contributed by atoms with E-state index >= 15 is 0 Å². The highest BCUT2D eigenvalue weighted by molar-refractivity contribution is 5.93. The van der Waals surface area contributed by atoms with Gasteiger partial charge < -0.3 is 14.8 Å². The number of ether oxygens (including phenoxy) is 2. The van der Waals surface area contributed by atoms with Gasteiger partial charge in [-0.15, -0.1) is 0 Å². The van der Waals surface area contributed by atoms with Crippen LogP contribution in [0, 0.1) is 6.92 Å². The molecule has 27 heavy (non-hydrogen) atoms. The highest BCUT2D eigenvalue weighted by atomic mass is 16.6.